The van der Waals surface area contributed by atoms with Crippen LogP contribution in [0.3, 0.4) is 0 Å². The van der Waals surface area contributed by atoms with Crippen LogP contribution in [-0.4, -0.2) is 37.2 Å². The smallest absolute Gasteiger partial charge is 0.306 e. The summed E-state index contributed by atoms with van der Waals surface area (Å²) < 4.78 is 16.9. The highest BCUT2D eigenvalue weighted by atomic mass is 16.6. The lowest BCUT2D eigenvalue weighted by Gasteiger charge is -2.18. The lowest BCUT2D eigenvalue weighted by atomic mass is 10.1. The molecule has 1 atom stereocenters. The summed E-state index contributed by atoms with van der Waals surface area (Å²) in [5.41, 5.74) is 0. The van der Waals surface area contributed by atoms with Gasteiger partial charge in [-0.1, -0.05) is 274 Å². The molecule has 0 fully saturated rings. The van der Waals surface area contributed by atoms with Crippen molar-refractivity contribution in [1.82, 2.24) is 0 Å². The zero-order valence-electron chi connectivity index (χ0n) is 49.4. The largest absolute Gasteiger partial charge is 0.462 e. The van der Waals surface area contributed by atoms with E-state index in [1.54, 1.807) is 0 Å². The fourth-order valence-corrected chi connectivity index (χ4v) is 9.31. The molecule has 0 N–H and O–H groups in total. The molecule has 0 radical (unpaired) electrons. The van der Waals surface area contributed by atoms with Crippen molar-refractivity contribution in [1.29, 1.82) is 0 Å². The molecule has 0 heterocycles. The molecule has 0 aromatic heterocycles. The lowest BCUT2D eigenvalue weighted by Crippen LogP contribution is -2.30. The van der Waals surface area contributed by atoms with Crippen LogP contribution >= 0.6 is 0 Å². The quantitative estimate of drug-likeness (QED) is 0.0261. The van der Waals surface area contributed by atoms with E-state index in [2.05, 4.69) is 81.5 Å². The van der Waals surface area contributed by atoms with E-state index in [0.717, 1.165) is 83.5 Å². The highest BCUT2D eigenvalue weighted by Crippen LogP contribution is 2.16. The minimum absolute atomic E-state index is 0.0802. The minimum atomic E-state index is -0.784. The van der Waals surface area contributed by atoms with Crippen molar-refractivity contribution < 1.29 is 28.6 Å². The molecule has 0 aromatic rings. The maximum atomic E-state index is 12.9. The van der Waals surface area contributed by atoms with Gasteiger partial charge in [0.2, 0.25) is 0 Å². The molecule has 0 aliphatic carbocycles. The molecule has 0 saturated carbocycles. The van der Waals surface area contributed by atoms with Gasteiger partial charge in [0.25, 0.3) is 0 Å². The number of hydrogen-bond acceptors (Lipinski definition) is 6. The summed E-state index contributed by atoms with van der Waals surface area (Å²) in [5, 5.41) is 0. The first kappa shape index (κ1) is 71.1. The molecule has 6 heteroatoms. The predicted octanol–water partition coefficient (Wildman–Crippen LogP) is 21.9. The monoisotopic (exact) mass is 1030 g/mol. The van der Waals surface area contributed by atoms with Gasteiger partial charge in [-0.05, 0) is 103 Å². The average Bonchev–Trinajstić information content (AvgIpc) is 3.40. The maximum absolute atomic E-state index is 12.9. The van der Waals surface area contributed by atoms with E-state index in [-0.39, 0.29) is 31.1 Å². The van der Waals surface area contributed by atoms with Gasteiger partial charge in [-0.2, -0.15) is 0 Å². The fraction of sp³-hybridized carbons (Fsp3) is 0.809. The highest BCUT2D eigenvalue weighted by Gasteiger charge is 2.19. The summed E-state index contributed by atoms with van der Waals surface area (Å²) in [6.45, 7) is 6.61. The van der Waals surface area contributed by atoms with Crippen molar-refractivity contribution in [3.8, 4) is 0 Å². The van der Waals surface area contributed by atoms with Gasteiger partial charge < -0.3 is 14.2 Å². The van der Waals surface area contributed by atoms with Gasteiger partial charge in [-0.25, -0.2) is 0 Å². The second-order valence-corrected chi connectivity index (χ2v) is 21.7. The van der Waals surface area contributed by atoms with E-state index >= 15 is 0 Å². The van der Waals surface area contributed by atoms with Gasteiger partial charge in [-0.3, -0.25) is 14.4 Å². The van der Waals surface area contributed by atoms with Gasteiger partial charge >= 0.3 is 17.9 Å². The minimum Gasteiger partial charge on any atom is -0.462 e. The highest BCUT2D eigenvalue weighted by molar-refractivity contribution is 5.71. The molecule has 430 valence electrons. The third kappa shape index (κ3) is 60.0. The van der Waals surface area contributed by atoms with E-state index in [9.17, 15) is 14.4 Å². The zero-order valence-corrected chi connectivity index (χ0v) is 49.4. The van der Waals surface area contributed by atoms with E-state index in [0.29, 0.717) is 19.3 Å². The van der Waals surface area contributed by atoms with Crippen LogP contribution < -0.4 is 0 Å². The Morgan fingerprint density at radius 3 is 0.797 bits per heavy atom. The van der Waals surface area contributed by atoms with Crippen LogP contribution in [0.4, 0.5) is 0 Å². The first-order valence-electron chi connectivity index (χ1n) is 32.3. The van der Waals surface area contributed by atoms with Crippen LogP contribution in [0.1, 0.15) is 335 Å². The molecule has 0 saturated heterocycles. The lowest BCUT2D eigenvalue weighted by molar-refractivity contribution is -0.167. The van der Waals surface area contributed by atoms with Gasteiger partial charge in [0, 0.05) is 19.3 Å². The molecule has 1 unspecified atom stereocenters. The Labute approximate surface area is 460 Å². The van der Waals surface area contributed by atoms with Gasteiger partial charge in [0.05, 0.1) is 0 Å². The maximum Gasteiger partial charge on any atom is 0.306 e. The predicted molar refractivity (Wildman–Crippen MR) is 321 cm³/mol. The Morgan fingerprint density at radius 2 is 0.500 bits per heavy atom. The average molecular weight is 1040 g/mol. The molecule has 74 heavy (non-hydrogen) atoms. The Morgan fingerprint density at radius 1 is 0.270 bits per heavy atom. The van der Waals surface area contributed by atoms with Crippen LogP contribution in [0.25, 0.3) is 0 Å². The van der Waals surface area contributed by atoms with Crippen molar-refractivity contribution in [2.24, 2.45) is 0 Å². The topological polar surface area (TPSA) is 78.9 Å². The van der Waals surface area contributed by atoms with Crippen molar-refractivity contribution in [2.75, 3.05) is 13.2 Å². The van der Waals surface area contributed by atoms with E-state index < -0.39 is 6.10 Å². The Balaban J connectivity index is 4.34. The number of unbranched alkanes of at least 4 members (excludes halogenated alkanes) is 38. The zero-order chi connectivity index (χ0) is 53.6. The van der Waals surface area contributed by atoms with Crippen LogP contribution in [0.15, 0.2) is 60.8 Å². The van der Waals surface area contributed by atoms with Crippen LogP contribution in [-0.2, 0) is 28.6 Å². The first-order chi connectivity index (χ1) is 36.5. The number of hydrogen-bond donors (Lipinski definition) is 0. The van der Waals surface area contributed by atoms with Crippen LogP contribution in [0.2, 0.25) is 0 Å². The summed E-state index contributed by atoms with van der Waals surface area (Å²) in [6, 6.07) is 0. The SMILES string of the molecule is CCCC/C=C\C/C=C\CCCCCCCC(=O)OCC(COC(=O)CCCCCCCCCCC/C=C\C/C=C\CCCCCCC)OC(=O)CCCCCCCCCCC/C=C\CCCCCCCCCC. The van der Waals surface area contributed by atoms with Gasteiger partial charge in [0.15, 0.2) is 6.10 Å². The number of carbonyl (C=O) groups is 3. The molecule has 0 rings (SSSR count). The summed E-state index contributed by atoms with van der Waals surface area (Å²) in [6.07, 6.45) is 79.4. The second kappa shape index (κ2) is 62.6. The van der Waals surface area contributed by atoms with E-state index in [1.165, 1.54) is 212 Å². The summed E-state index contributed by atoms with van der Waals surface area (Å²) >= 11 is 0. The van der Waals surface area contributed by atoms with Gasteiger partial charge in [0.1, 0.15) is 13.2 Å². The third-order valence-electron chi connectivity index (χ3n) is 14.2. The molecule has 0 aliphatic rings. The fourth-order valence-electron chi connectivity index (χ4n) is 9.31. The summed E-state index contributed by atoms with van der Waals surface area (Å²) in [4.78, 5) is 38.3. The molecule has 0 spiro atoms. The van der Waals surface area contributed by atoms with Crippen molar-refractivity contribution in [3.05, 3.63) is 60.8 Å². The van der Waals surface area contributed by atoms with Crippen molar-refractivity contribution >= 4 is 17.9 Å². The van der Waals surface area contributed by atoms with Crippen molar-refractivity contribution in [3.63, 3.8) is 0 Å². The van der Waals surface area contributed by atoms with E-state index in [4.69, 9.17) is 14.2 Å². The van der Waals surface area contributed by atoms with Crippen LogP contribution in [0.5, 0.6) is 0 Å². The van der Waals surface area contributed by atoms with E-state index in [1.807, 2.05) is 0 Å². The number of carbonyl (C=O) groups excluding carboxylic acids is 3. The standard InChI is InChI=1S/C68H122O6/c1-4-7-10-13-16-19-22-25-28-30-32-34-36-38-40-43-46-49-52-55-58-61-67(70)73-64-65(63-72-66(69)60-57-54-51-48-45-42-27-24-21-18-15-12-9-6-3)74-68(71)62-59-56-53-50-47-44-41-39-37-35-33-31-29-26-23-20-17-14-11-8-5-2/h15,18,22,24-25,27,30-33,65H,4-14,16-17,19-21,23,26,28-29,34-64H2,1-3H3/b18-15-,25-22-,27-24-,32-30-,33-31-. The summed E-state index contributed by atoms with van der Waals surface area (Å²) in [5.74, 6) is -0.884. The number of ether oxygens (including phenoxy) is 3. The third-order valence-corrected chi connectivity index (χ3v) is 14.2. The van der Waals surface area contributed by atoms with Crippen molar-refractivity contribution in [2.45, 2.75) is 341 Å². The normalized spacial score (nSPS) is 12.4. The molecule has 0 aliphatic heterocycles. The van der Waals surface area contributed by atoms with Crippen LogP contribution in [0, 0.1) is 0 Å². The molecule has 0 amide bonds. The Hall–Kier alpha value is -2.89. The number of esters is 3. The number of allylic oxidation sites excluding steroid dienone is 10. The molecular weight excluding hydrogens is 913 g/mol. The number of rotatable bonds is 59. The first-order valence-corrected chi connectivity index (χ1v) is 32.3. The second-order valence-electron chi connectivity index (χ2n) is 21.7. The molecule has 6 nitrogen and oxygen atoms in total. The van der Waals surface area contributed by atoms with Gasteiger partial charge in [-0.15, -0.1) is 0 Å². The molecule has 0 bridgehead atoms. The Bertz CT molecular complexity index is 1330. The summed E-state index contributed by atoms with van der Waals surface area (Å²) in [7, 11) is 0. The Kier molecular flexibility index (Phi) is 60.2. The molecule has 0 aromatic carbocycles. The molecular formula is C68H122O6.